The molecule has 0 bridgehead atoms. The summed E-state index contributed by atoms with van der Waals surface area (Å²) in [4.78, 5) is 0. The molecule has 4 nitrogen and oxygen atoms in total. The highest BCUT2D eigenvalue weighted by Gasteiger charge is 2.34. The van der Waals surface area contributed by atoms with Crippen LogP contribution >= 0.6 is 0 Å². The van der Waals surface area contributed by atoms with Gasteiger partial charge in [0, 0.05) is 18.0 Å². The SMILES string of the molecule is COc1ccc(CC2(CO)CCNC2)c(OC)c1. The van der Waals surface area contributed by atoms with Gasteiger partial charge in [-0.2, -0.15) is 0 Å². The van der Waals surface area contributed by atoms with Gasteiger partial charge in [-0.15, -0.1) is 0 Å². The summed E-state index contributed by atoms with van der Waals surface area (Å²) in [5.41, 5.74) is 1.07. The van der Waals surface area contributed by atoms with E-state index < -0.39 is 0 Å². The smallest absolute Gasteiger partial charge is 0.125 e. The molecule has 1 fully saturated rings. The van der Waals surface area contributed by atoms with Crippen LogP contribution in [-0.4, -0.2) is 39.0 Å². The quantitative estimate of drug-likeness (QED) is 0.826. The van der Waals surface area contributed by atoms with Gasteiger partial charge < -0.3 is 19.9 Å². The molecule has 18 heavy (non-hydrogen) atoms. The van der Waals surface area contributed by atoms with Gasteiger partial charge in [-0.3, -0.25) is 0 Å². The molecule has 1 aromatic carbocycles. The molecule has 0 aromatic heterocycles. The van der Waals surface area contributed by atoms with E-state index in [1.807, 2.05) is 18.2 Å². The molecule has 1 heterocycles. The van der Waals surface area contributed by atoms with Crippen molar-refractivity contribution in [1.29, 1.82) is 0 Å². The molecule has 2 rings (SSSR count). The minimum Gasteiger partial charge on any atom is -0.497 e. The first kappa shape index (κ1) is 13.2. The topological polar surface area (TPSA) is 50.7 Å². The Balaban J connectivity index is 2.22. The van der Waals surface area contributed by atoms with Crippen molar-refractivity contribution in [2.24, 2.45) is 5.41 Å². The number of aliphatic hydroxyl groups excluding tert-OH is 1. The van der Waals surface area contributed by atoms with Gasteiger partial charge in [0.15, 0.2) is 0 Å². The van der Waals surface area contributed by atoms with Gasteiger partial charge in [0.2, 0.25) is 0 Å². The molecule has 0 amide bonds. The van der Waals surface area contributed by atoms with E-state index in [-0.39, 0.29) is 12.0 Å². The zero-order chi connectivity index (χ0) is 13.0. The van der Waals surface area contributed by atoms with E-state index in [0.29, 0.717) is 0 Å². The fourth-order valence-electron chi connectivity index (χ4n) is 2.54. The maximum Gasteiger partial charge on any atom is 0.125 e. The summed E-state index contributed by atoms with van der Waals surface area (Å²) in [5.74, 6) is 1.62. The molecule has 4 heteroatoms. The van der Waals surface area contributed by atoms with Crippen molar-refractivity contribution in [2.45, 2.75) is 12.8 Å². The van der Waals surface area contributed by atoms with Gasteiger partial charge in [0.1, 0.15) is 11.5 Å². The van der Waals surface area contributed by atoms with Crippen LogP contribution in [0.1, 0.15) is 12.0 Å². The van der Waals surface area contributed by atoms with Gasteiger partial charge in [0.05, 0.1) is 20.8 Å². The number of methoxy groups -OCH3 is 2. The Morgan fingerprint density at radius 1 is 1.33 bits per heavy atom. The second-order valence-corrected chi connectivity index (χ2v) is 4.94. The Bertz CT molecular complexity index is 400. The van der Waals surface area contributed by atoms with Gasteiger partial charge >= 0.3 is 0 Å². The van der Waals surface area contributed by atoms with Crippen LogP contribution in [-0.2, 0) is 6.42 Å². The first-order valence-corrected chi connectivity index (χ1v) is 6.25. The van der Waals surface area contributed by atoms with Crippen molar-refractivity contribution < 1.29 is 14.6 Å². The summed E-state index contributed by atoms with van der Waals surface area (Å²) in [6, 6.07) is 5.85. The van der Waals surface area contributed by atoms with E-state index >= 15 is 0 Å². The molecule has 0 saturated carbocycles. The number of aliphatic hydroxyl groups is 1. The summed E-state index contributed by atoms with van der Waals surface area (Å²) in [5, 5.41) is 13.0. The first-order chi connectivity index (χ1) is 8.73. The monoisotopic (exact) mass is 251 g/mol. The van der Waals surface area contributed by atoms with Gasteiger partial charge in [-0.1, -0.05) is 6.07 Å². The zero-order valence-electron chi connectivity index (χ0n) is 11.0. The Morgan fingerprint density at radius 3 is 2.72 bits per heavy atom. The highest BCUT2D eigenvalue weighted by atomic mass is 16.5. The number of hydrogen-bond donors (Lipinski definition) is 2. The summed E-state index contributed by atoms with van der Waals surface area (Å²) in [6.45, 7) is 2.03. The fourth-order valence-corrected chi connectivity index (χ4v) is 2.54. The Hall–Kier alpha value is -1.26. The second-order valence-electron chi connectivity index (χ2n) is 4.94. The molecule has 1 aliphatic rings. The van der Waals surface area contributed by atoms with E-state index in [4.69, 9.17) is 9.47 Å². The number of rotatable bonds is 5. The third-order valence-electron chi connectivity index (χ3n) is 3.73. The van der Waals surface area contributed by atoms with Crippen molar-refractivity contribution in [2.75, 3.05) is 33.9 Å². The van der Waals surface area contributed by atoms with E-state index in [1.54, 1.807) is 14.2 Å². The average Bonchev–Trinajstić information content (AvgIpc) is 2.88. The molecule has 1 atom stereocenters. The van der Waals surface area contributed by atoms with Gasteiger partial charge in [0.25, 0.3) is 0 Å². The third-order valence-corrected chi connectivity index (χ3v) is 3.73. The first-order valence-electron chi connectivity index (χ1n) is 6.25. The van der Waals surface area contributed by atoms with Crippen molar-refractivity contribution >= 4 is 0 Å². The number of nitrogens with one attached hydrogen (secondary N) is 1. The van der Waals surface area contributed by atoms with Crippen molar-refractivity contribution in [1.82, 2.24) is 5.32 Å². The highest BCUT2D eigenvalue weighted by Crippen LogP contribution is 2.34. The van der Waals surface area contributed by atoms with Crippen molar-refractivity contribution in [3.8, 4) is 11.5 Å². The Morgan fingerprint density at radius 2 is 2.17 bits per heavy atom. The Kier molecular flexibility index (Phi) is 4.09. The molecule has 0 aliphatic carbocycles. The van der Waals surface area contributed by atoms with Gasteiger partial charge in [-0.25, -0.2) is 0 Å². The standard InChI is InChI=1S/C14H21NO3/c1-17-12-4-3-11(13(7-12)18-2)8-14(10-16)5-6-15-9-14/h3-4,7,15-16H,5-6,8-10H2,1-2H3. The normalized spacial score (nSPS) is 23.1. The Labute approximate surface area is 108 Å². The molecule has 2 N–H and O–H groups in total. The lowest BCUT2D eigenvalue weighted by Crippen LogP contribution is -2.30. The van der Waals surface area contributed by atoms with E-state index in [2.05, 4.69) is 5.32 Å². The molecule has 0 radical (unpaired) electrons. The molecule has 1 unspecified atom stereocenters. The lowest BCUT2D eigenvalue weighted by Gasteiger charge is -2.26. The summed E-state index contributed by atoms with van der Waals surface area (Å²) >= 11 is 0. The molecule has 1 aliphatic heterocycles. The number of hydrogen-bond acceptors (Lipinski definition) is 4. The van der Waals surface area contributed by atoms with Crippen LogP contribution < -0.4 is 14.8 Å². The van der Waals surface area contributed by atoms with Crippen LogP contribution in [0.3, 0.4) is 0 Å². The third kappa shape index (κ3) is 2.60. The highest BCUT2D eigenvalue weighted by molar-refractivity contribution is 5.41. The minimum atomic E-state index is -0.0537. The fraction of sp³-hybridized carbons (Fsp3) is 0.571. The lowest BCUT2D eigenvalue weighted by molar-refractivity contribution is 0.142. The minimum absolute atomic E-state index is 0.0537. The summed E-state index contributed by atoms with van der Waals surface area (Å²) in [6.07, 6.45) is 1.82. The van der Waals surface area contributed by atoms with E-state index in [1.165, 1.54) is 0 Å². The van der Waals surface area contributed by atoms with Crippen LogP contribution in [0.5, 0.6) is 11.5 Å². The van der Waals surface area contributed by atoms with Crippen LogP contribution in [0.2, 0.25) is 0 Å². The van der Waals surface area contributed by atoms with Crippen molar-refractivity contribution in [3.05, 3.63) is 23.8 Å². The maximum absolute atomic E-state index is 9.64. The summed E-state index contributed by atoms with van der Waals surface area (Å²) < 4.78 is 10.6. The van der Waals surface area contributed by atoms with E-state index in [9.17, 15) is 5.11 Å². The average molecular weight is 251 g/mol. The second kappa shape index (κ2) is 5.59. The largest absolute Gasteiger partial charge is 0.497 e. The predicted octanol–water partition coefficient (Wildman–Crippen LogP) is 1.22. The number of ether oxygens (including phenoxy) is 2. The maximum atomic E-state index is 9.64. The van der Waals surface area contributed by atoms with Crippen molar-refractivity contribution in [3.63, 3.8) is 0 Å². The molecule has 0 spiro atoms. The molecule has 1 saturated heterocycles. The lowest BCUT2D eigenvalue weighted by atomic mass is 9.81. The van der Waals surface area contributed by atoms with Gasteiger partial charge in [-0.05, 0) is 31.0 Å². The van der Waals surface area contributed by atoms with Crippen LogP contribution in [0.15, 0.2) is 18.2 Å². The molecular formula is C14H21NO3. The van der Waals surface area contributed by atoms with Crippen LogP contribution in [0, 0.1) is 5.41 Å². The summed E-state index contributed by atoms with van der Waals surface area (Å²) in [7, 11) is 3.31. The molecule has 1 aromatic rings. The predicted molar refractivity (Wildman–Crippen MR) is 70.3 cm³/mol. The molecule has 100 valence electrons. The number of benzene rings is 1. The van der Waals surface area contributed by atoms with Crippen LogP contribution in [0.4, 0.5) is 0 Å². The molecular weight excluding hydrogens is 230 g/mol. The van der Waals surface area contributed by atoms with Crippen LogP contribution in [0.25, 0.3) is 0 Å². The zero-order valence-corrected chi connectivity index (χ0v) is 11.0. The van der Waals surface area contributed by atoms with E-state index in [0.717, 1.165) is 43.0 Å².